The molecular weight excluding hydrogens is 287 g/mol. The molecule has 8 heteroatoms. The van der Waals surface area contributed by atoms with Crippen molar-refractivity contribution in [3.63, 3.8) is 0 Å². The zero-order valence-electron chi connectivity index (χ0n) is 11.0. The van der Waals surface area contributed by atoms with Gasteiger partial charge in [-0.2, -0.15) is 13.2 Å². The van der Waals surface area contributed by atoms with E-state index in [1.165, 1.54) is 12.1 Å². The Hall–Kier alpha value is -2.25. The molecular formula is C13H13F3N3O2. The molecule has 0 aliphatic rings. The van der Waals surface area contributed by atoms with Crippen molar-refractivity contribution < 1.29 is 17.6 Å². The molecule has 0 amide bonds. The molecule has 113 valence electrons. The first-order valence-corrected chi connectivity index (χ1v) is 6.22. The summed E-state index contributed by atoms with van der Waals surface area (Å²) in [7, 11) is 0. The molecule has 0 saturated carbocycles. The van der Waals surface area contributed by atoms with Gasteiger partial charge in [0, 0.05) is 17.8 Å². The highest BCUT2D eigenvalue weighted by atomic mass is 19.4. The molecule has 1 aromatic carbocycles. The number of aromatic amines is 1. The number of unbranched alkanes of at least 4 members (excludes halogenated alkanes) is 1. The molecule has 1 aromatic heterocycles. The van der Waals surface area contributed by atoms with Gasteiger partial charge in [0.2, 0.25) is 5.89 Å². The average Bonchev–Trinajstić information content (AvgIpc) is 2.84. The molecule has 0 atom stereocenters. The van der Waals surface area contributed by atoms with E-state index in [0.717, 1.165) is 6.07 Å². The highest BCUT2D eigenvalue weighted by Crippen LogP contribution is 2.36. The van der Waals surface area contributed by atoms with Gasteiger partial charge >= 0.3 is 11.9 Å². The van der Waals surface area contributed by atoms with E-state index in [0.29, 0.717) is 19.4 Å². The van der Waals surface area contributed by atoms with Gasteiger partial charge in [-0.15, -0.1) is 5.10 Å². The monoisotopic (exact) mass is 300 g/mol. The Labute approximate surface area is 118 Å². The van der Waals surface area contributed by atoms with Crippen molar-refractivity contribution in [2.45, 2.75) is 19.0 Å². The van der Waals surface area contributed by atoms with Gasteiger partial charge < -0.3 is 9.73 Å². The average molecular weight is 300 g/mol. The molecule has 21 heavy (non-hydrogen) atoms. The second kappa shape index (κ2) is 6.02. The molecule has 2 N–H and O–H groups in total. The smallest absolute Gasteiger partial charge is 0.388 e. The van der Waals surface area contributed by atoms with Crippen molar-refractivity contribution in [1.29, 1.82) is 0 Å². The largest absolute Gasteiger partial charge is 0.434 e. The van der Waals surface area contributed by atoms with Gasteiger partial charge in [0.25, 0.3) is 0 Å². The Morgan fingerprint density at radius 3 is 2.71 bits per heavy atom. The van der Waals surface area contributed by atoms with Crippen LogP contribution in [0, 0.1) is 6.92 Å². The first-order chi connectivity index (χ1) is 9.91. The van der Waals surface area contributed by atoms with Crippen LogP contribution in [-0.2, 0) is 6.18 Å². The number of nitrogens with one attached hydrogen (secondary N) is 2. The second-order valence-electron chi connectivity index (χ2n) is 4.31. The molecule has 0 spiro atoms. The van der Waals surface area contributed by atoms with E-state index in [2.05, 4.69) is 22.4 Å². The van der Waals surface area contributed by atoms with Crippen LogP contribution in [0.25, 0.3) is 11.5 Å². The van der Waals surface area contributed by atoms with Gasteiger partial charge in [-0.1, -0.05) is 13.3 Å². The van der Waals surface area contributed by atoms with Gasteiger partial charge in [-0.25, -0.2) is 9.89 Å². The molecule has 0 aliphatic carbocycles. The quantitative estimate of drug-likeness (QED) is 0.832. The summed E-state index contributed by atoms with van der Waals surface area (Å²) in [6.45, 7) is 3.99. The van der Waals surface area contributed by atoms with Crippen LogP contribution in [0.15, 0.2) is 27.4 Å². The van der Waals surface area contributed by atoms with Crippen molar-refractivity contribution in [3.8, 4) is 11.5 Å². The molecule has 5 nitrogen and oxygen atoms in total. The van der Waals surface area contributed by atoms with E-state index in [-0.39, 0.29) is 17.1 Å². The van der Waals surface area contributed by atoms with Crippen molar-refractivity contribution in [1.82, 2.24) is 10.2 Å². The van der Waals surface area contributed by atoms with E-state index < -0.39 is 17.5 Å². The fraction of sp³-hybridized carbons (Fsp3) is 0.308. The molecule has 0 bridgehead atoms. The number of alkyl halides is 3. The van der Waals surface area contributed by atoms with Crippen molar-refractivity contribution in [2.24, 2.45) is 0 Å². The SMILES string of the molecule is [CH2]CCCNc1cc(-c2n[nH]c(=O)o2)ccc1C(F)(F)F. The molecule has 2 rings (SSSR count). The van der Waals surface area contributed by atoms with E-state index in [9.17, 15) is 18.0 Å². The molecule has 2 aromatic rings. The van der Waals surface area contributed by atoms with Crippen molar-refractivity contribution in [3.05, 3.63) is 41.2 Å². The summed E-state index contributed by atoms with van der Waals surface area (Å²) < 4.78 is 43.6. The number of hydrogen-bond donors (Lipinski definition) is 2. The topological polar surface area (TPSA) is 70.9 Å². The van der Waals surface area contributed by atoms with Crippen molar-refractivity contribution in [2.75, 3.05) is 11.9 Å². The third-order valence-electron chi connectivity index (χ3n) is 2.75. The number of aromatic nitrogens is 2. The maximum Gasteiger partial charge on any atom is 0.434 e. The Kier molecular flexibility index (Phi) is 4.35. The summed E-state index contributed by atoms with van der Waals surface area (Å²) in [5.41, 5.74) is -0.592. The predicted octanol–water partition coefficient (Wildman–Crippen LogP) is 3.07. The Morgan fingerprint density at radius 1 is 1.38 bits per heavy atom. The number of halogens is 3. The zero-order valence-corrected chi connectivity index (χ0v) is 11.0. The number of nitrogens with zero attached hydrogens (tertiary/aromatic N) is 1. The summed E-state index contributed by atoms with van der Waals surface area (Å²) in [4.78, 5) is 10.9. The van der Waals surface area contributed by atoms with Crippen LogP contribution in [0.3, 0.4) is 0 Å². The molecule has 0 fully saturated rings. The Morgan fingerprint density at radius 2 is 2.14 bits per heavy atom. The lowest BCUT2D eigenvalue weighted by molar-refractivity contribution is -0.136. The van der Waals surface area contributed by atoms with Gasteiger partial charge in [0.1, 0.15) is 0 Å². The fourth-order valence-electron chi connectivity index (χ4n) is 1.77. The molecule has 1 radical (unpaired) electrons. The first kappa shape index (κ1) is 15.1. The fourth-order valence-corrected chi connectivity index (χ4v) is 1.77. The highest BCUT2D eigenvalue weighted by Gasteiger charge is 2.33. The van der Waals surface area contributed by atoms with Gasteiger partial charge in [-0.05, 0) is 24.6 Å². The number of rotatable bonds is 5. The predicted molar refractivity (Wildman–Crippen MR) is 70.6 cm³/mol. The maximum atomic E-state index is 12.9. The lowest BCUT2D eigenvalue weighted by Crippen LogP contribution is -2.11. The Bertz CT molecular complexity index is 661. The number of anilines is 1. The van der Waals surface area contributed by atoms with Crippen LogP contribution >= 0.6 is 0 Å². The number of benzene rings is 1. The van der Waals surface area contributed by atoms with Crippen LogP contribution in [-0.4, -0.2) is 16.7 Å². The molecule has 1 heterocycles. The molecule has 0 unspecified atom stereocenters. The summed E-state index contributed by atoms with van der Waals surface area (Å²) in [5, 5.41) is 8.37. The third-order valence-corrected chi connectivity index (χ3v) is 2.75. The van der Waals surface area contributed by atoms with Crippen molar-refractivity contribution >= 4 is 5.69 Å². The summed E-state index contributed by atoms with van der Waals surface area (Å²) in [6.07, 6.45) is -3.22. The minimum Gasteiger partial charge on any atom is -0.388 e. The van der Waals surface area contributed by atoms with Gasteiger partial charge in [0.05, 0.1) is 5.56 Å². The Balaban J connectivity index is 2.38. The number of hydrogen-bond acceptors (Lipinski definition) is 4. The molecule has 0 aliphatic heterocycles. The minimum atomic E-state index is -4.47. The third kappa shape index (κ3) is 3.65. The minimum absolute atomic E-state index is 0.0612. The van der Waals surface area contributed by atoms with Crippen LogP contribution in [0.4, 0.5) is 18.9 Å². The van der Waals surface area contributed by atoms with Crippen LogP contribution in [0.2, 0.25) is 0 Å². The van der Waals surface area contributed by atoms with Gasteiger partial charge in [-0.3, -0.25) is 0 Å². The normalized spacial score (nSPS) is 11.6. The lowest BCUT2D eigenvalue weighted by Gasteiger charge is -2.15. The van der Waals surface area contributed by atoms with Crippen LogP contribution in [0.1, 0.15) is 18.4 Å². The van der Waals surface area contributed by atoms with Crippen LogP contribution in [0.5, 0.6) is 0 Å². The second-order valence-corrected chi connectivity index (χ2v) is 4.31. The maximum absolute atomic E-state index is 12.9. The summed E-state index contributed by atoms with van der Waals surface area (Å²) >= 11 is 0. The zero-order chi connectivity index (χ0) is 15.5. The highest BCUT2D eigenvalue weighted by molar-refractivity contribution is 5.65. The van der Waals surface area contributed by atoms with E-state index >= 15 is 0 Å². The van der Waals surface area contributed by atoms with E-state index in [1.807, 2.05) is 0 Å². The van der Waals surface area contributed by atoms with Gasteiger partial charge in [0.15, 0.2) is 0 Å². The standard InChI is InChI=1S/C13H13F3N3O2/c1-2-3-6-17-10-7-8(11-18-19-12(20)21-11)4-5-9(10)13(14,15)16/h4-5,7,17H,1-3,6H2,(H,19,20). The van der Waals surface area contributed by atoms with E-state index in [4.69, 9.17) is 4.42 Å². The summed E-state index contributed by atoms with van der Waals surface area (Å²) in [5.74, 6) is -0.828. The number of H-pyrrole nitrogens is 1. The summed E-state index contributed by atoms with van der Waals surface area (Å²) in [6, 6.07) is 3.38. The first-order valence-electron chi connectivity index (χ1n) is 6.22. The molecule has 0 saturated heterocycles. The lowest BCUT2D eigenvalue weighted by atomic mass is 10.1. The van der Waals surface area contributed by atoms with E-state index in [1.54, 1.807) is 0 Å². The van der Waals surface area contributed by atoms with Crippen LogP contribution < -0.4 is 11.1 Å².